The average molecular weight is 220 g/mol. The van der Waals surface area contributed by atoms with E-state index in [2.05, 4.69) is 30.9 Å². The zero-order chi connectivity index (χ0) is 11.4. The molecule has 2 aromatic heterocycles. The van der Waals surface area contributed by atoms with Crippen molar-refractivity contribution in [2.45, 2.75) is 6.54 Å². The van der Waals surface area contributed by atoms with Crippen molar-refractivity contribution < 1.29 is 0 Å². The van der Waals surface area contributed by atoms with Crippen molar-refractivity contribution in [3.8, 4) is 0 Å². The fourth-order valence-electron chi connectivity index (χ4n) is 1.17. The molecule has 0 aromatic carbocycles. The van der Waals surface area contributed by atoms with Crippen LogP contribution in [0, 0.1) is 0 Å². The van der Waals surface area contributed by atoms with Gasteiger partial charge in [-0.15, -0.1) is 10.2 Å². The van der Waals surface area contributed by atoms with E-state index in [1.54, 1.807) is 12.4 Å². The highest BCUT2D eigenvalue weighted by molar-refractivity contribution is 5.45. The monoisotopic (exact) mass is 220 g/mol. The molecule has 0 amide bonds. The van der Waals surface area contributed by atoms with Gasteiger partial charge in [0.15, 0.2) is 5.82 Å². The van der Waals surface area contributed by atoms with Crippen molar-refractivity contribution in [1.29, 1.82) is 0 Å². The Morgan fingerprint density at radius 3 is 2.88 bits per heavy atom. The van der Waals surface area contributed by atoms with Gasteiger partial charge >= 0.3 is 0 Å². The van der Waals surface area contributed by atoms with E-state index < -0.39 is 0 Å². The van der Waals surface area contributed by atoms with Crippen LogP contribution in [-0.2, 0) is 13.6 Å². The van der Waals surface area contributed by atoms with E-state index in [4.69, 9.17) is 5.84 Å². The van der Waals surface area contributed by atoms with Crippen molar-refractivity contribution in [3.05, 3.63) is 24.5 Å². The fraction of sp³-hybridized carbons (Fsp3) is 0.250. The molecule has 84 valence electrons. The maximum Gasteiger partial charge on any atom is 0.151 e. The minimum Gasteiger partial charge on any atom is -0.363 e. The molecule has 0 aliphatic rings. The Hall–Kier alpha value is -2.22. The molecule has 0 aliphatic heterocycles. The summed E-state index contributed by atoms with van der Waals surface area (Å²) in [6.07, 6.45) is 3.07. The molecule has 2 heterocycles. The minimum absolute atomic E-state index is 0.539. The summed E-state index contributed by atoms with van der Waals surface area (Å²) in [6.45, 7) is 0.539. The standard InChI is InChI=1S/C8H12N8/c1-16-5-13-15-8(16)3-10-6-2-7(14-9)12-4-11-6/h2,4-5H,3,9H2,1H3,(H2,10,11,12,14). The molecule has 8 nitrogen and oxygen atoms in total. The van der Waals surface area contributed by atoms with E-state index in [9.17, 15) is 0 Å². The second-order valence-electron chi connectivity index (χ2n) is 3.14. The smallest absolute Gasteiger partial charge is 0.151 e. The molecule has 16 heavy (non-hydrogen) atoms. The van der Waals surface area contributed by atoms with E-state index in [-0.39, 0.29) is 0 Å². The number of rotatable bonds is 4. The lowest BCUT2D eigenvalue weighted by Gasteiger charge is -2.05. The van der Waals surface area contributed by atoms with Crippen LogP contribution >= 0.6 is 0 Å². The number of anilines is 2. The summed E-state index contributed by atoms with van der Waals surface area (Å²) in [5, 5.41) is 10.8. The van der Waals surface area contributed by atoms with E-state index in [1.165, 1.54) is 6.33 Å². The number of hydrogen-bond donors (Lipinski definition) is 3. The van der Waals surface area contributed by atoms with Gasteiger partial charge in [0, 0.05) is 13.1 Å². The third-order valence-corrected chi connectivity index (χ3v) is 2.05. The number of nitrogen functional groups attached to an aromatic ring is 1. The second-order valence-corrected chi connectivity index (χ2v) is 3.14. The van der Waals surface area contributed by atoms with Gasteiger partial charge in [0.1, 0.15) is 24.3 Å². The number of hydrogen-bond acceptors (Lipinski definition) is 7. The van der Waals surface area contributed by atoms with Crippen LogP contribution < -0.4 is 16.6 Å². The lowest BCUT2D eigenvalue weighted by Crippen LogP contribution is -2.11. The molecule has 0 unspecified atom stereocenters. The quantitative estimate of drug-likeness (QED) is 0.471. The van der Waals surface area contributed by atoms with Gasteiger partial charge in [0.05, 0.1) is 6.54 Å². The molecule has 0 radical (unpaired) electrons. The van der Waals surface area contributed by atoms with Crippen LogP contribution in [0.3, 0.4) is 0 Å². The topological polar surface area (TPSA) is 107 Å². The summed E-state index contributed by atoms with van der Waals surface area (Å²) >= 11 is 0. The van der Waals surface area contributed by atoms with Crippen LogP contribution in [0.1, 0.15) is 5.82 Å². The van der Waals surface area contributed by atoms with E-state index in [1.807, 2.05) is 11.6 Å². The molecule has 8 heteroatoms. The minimum atomic E-state index is 0.539. The highest BCUT2D eigenvalue weighted by atomic mass is 15.3. The highest BCUT2D eigenvalue weighted by Crippen LogP contribution is 2.07. The molecule has 0 spiro atoms. The van der Waals surface area contributed by atoms with Gasteiger partial charge in [-0.1, -0.05) is 0 Å². The number of aryl methyl sites for hydroxylation is 1. The van der Waals surface area contributed by atoms with Crippen LogP contribution in [0.2, 0.25) is 0 Å². The first-order valence-electron chi connectivity index (χ1n) is 4.65. The first-order valence-corrected chi connectivity index (χ1v) is 4.65. The summed E-state index contributed by atoms with van der Waals surface area (Å²) in [5.74, 6) is 7.28. The molecule has 4 N–H and O–H groups in total. The predicted molar refractivity (Wildman–Crippen MR) is 58.2 cm³/mol. The number of aromatic nitrogens is 5. The fourth-order valence-corrected chi connectivity index (χ4v) is 1.17. The Morgan fingerprint density at radius 1 is 1.38 bits per heavy atom. The molecule has 2 aromatic rings. The van der Waals surface area contributed by atoms with Gasteiger partial charge in [-0.05, 0) is 0 Å². The third-order valence-electron chi connectivity index (χ3n) is 2.05. The zero-order valence-electron chi connectivity index (χ0n) is 8.75. The molecular weight excluding hydrogens is 208 g/mol. The number of nitrogens with two attached hydrogens (primary N) is 1. The van der Waals surface area contributed by atoms with Gasteiger partial charge in [-0.3, -0.25) is 0 Å². The third kappa shape index (κ3) is 2.23. The second kappa shape index (κ2) is 4.53. The Balaban J connectivity index is 2.02. The van der Waals surface area contributed by atoms with Crippen LogP contribution in [0.15, 0.2) is 18.7 Å². The van der Waals surface area contributed by atoms with E-state index >= 15 is 0 Å². The maximum absolute atomic E-state index is 5.24. The Labute approximate surface area is 91.9 Å². The number of hydrazine groups is 1. The van der Waals surface area contributed by atoms with Gasteiger partial charge < -0.3 is 15.3 Å². The average Bonchev–Trinajstić information content (AvgIpc) is 2.72. The summed E-state index contributed by atoms with van der Waals surface area (Å²) in [7, 11) is 1.88. The van der Waals surface area contributed by atoms with Crippen molar-refractivity contribution in [2.24, 2.45) is 12.9 Å². The number of nitrogens with zero attached hydrogens (tertiary/aromatic N) is 5. The molecule has 0 aliphatic carbocycles. The van der Waals surface area contributed by atoms with E-state index in [0.29, 0.717) is 18.2 Å². The SMILES string of the molecule is Cn1cnnc1CNc1cc(NN)ncn1. The first-order chi connectivity index (χ1) is 7.79. The van der Waals surface area contributed by atoms with Crippen molar-refractivity contribution in [3.63, 3.8) is 0 Å². The van der Waals surface area contributed by atoms with Gasteiger partial charge in [0.2, 0.25) is 0 Å². The van der Waals surface area contributed by atoms with Crippen molar-refractivity contribution >= 4 is 11.6 Å². The zero-order valence-corrected chi connectivity index (χ0v) is 8.75. The van der Waals surface area contributed by atoms with Crippen LogP contribution in [-0.4, -0.2) is 24.7 Å². The molecule has 0 saturated heterocycles. The summed E-state index contributed by atoms with van der Waals surface area (Å²) in [4.78, 5) is 7.94. The molecule has 0 fully saturated rings. The van der Waals surface area contributed by atoms with E-state index in [0.717, 1.165) is 5.82 Å². The summed E-state index contributed by atoms with van der Waals surface area (Å²) < 4.78 is 1.83. The van der Waals surface area contributed by atoms with Crippen LogP contribution in [0.4, 0.5) is 11.6 Å². The van der Waals surface area contributed by atoms with Crippen molar-refractivity contribution in [2.75, 3.05) is 10.7 Å². The lowest BCUT2D eigenvalue weighted by molar-refractivity contribution is 0.810. The lowest BCUT2D eigenvalue weighted by atomic mass is 10.5. The Bertz CT molecular complexity index is 465. The number of nitrogens with one attached hydrogen (secondary N) is 2. The molecule has 0 bridgehead atoms. The van der Waals surface area contributed by atoms with Crippen LogP contribution in [0.25, 0.3) is 0 Å². The normalized spacial score (nSPS) is 10.1. The maximum atomic E-state index is 5.24. The van der Waals surface area contributed by atoms with Gasteiger partial charge in [0.25, 0.3) is 0 Å². The molecule has 0 atom stereocenters. The highest BCUT2D eigenvalue weighted by Gasteiger charge is 2.01. The molecule has 2 rings (SSSR count). The van der Waals surface area contributed by atoms with Gasteiger partial charge in [-0.25, -0.2) is 15.8 Å². The van der Waals surface area contributed by atoms with Crippen molar-refractivity contribution in [1.82, 2.24) is 24.7 Å². The summed E-state index contributed by atoms with van der Waals surface area (Å²) in [6, 6.07) is 1.70. The molecular formula is C8H12N8. The molecule has 0 saturated carbocycles. The first kappa shape index (κ1) is 10.3. The van der Waals surface area contributed by atoms with Crippen LogP contribution in [0.5, 0.6) is 0 Å². The predicted octanol–water partition coefficient (Wildman–Crippen LogP) is -0.497. The van der Waals surface area contributed by atoms with Gasteiger partial charge in [-0.2, -0.15) is 0 Å². The summed E-state index contributed by atoms with van der Waals surface area (Å²) in [5.41, 5.74) is 2.45. The Morgan fingerprint density at radius 2 is 2.19 bits per heavy atom. The largest absolute Gasteiger partial charge is 0.363 e. The Kier molecular flexibility index (Phi) is 2.92.